The van der Waals surface area contributed by atoms with Crippen molar-refractivity contribution in [2.45, 2.75) is 6.54 Å². The van der Waals surface area contributed by atoms with Crippen molar-refractivity contribution >= 4 is 5.91 Å². The van der Waals surface area contributed by atoms with Gasteiger partial charge in [-0.2, -0.15) is 10.3 Å². The Kier molecular flexibility index (Phi) is 3.19. The number of carbonyl (C=O) groups excluding carboxylic acids is 1. The lowest BCUT2D eigenvalue weighted by atomic mass is 10.2. The van der Waals surface area contributed by atoms with Gasteiger partial charge >= 0.3 is 0 Å². The smallest absolute Gasteiger partial charge is 0.251 e. The van der Waals surface area contributed by atoms with Crippen LogP contribution in [0.15, 0.2) is 42.7 Å². The fourth-order valence-electron chi connectivity index (χ4n) is 1.71. The van der Waals surface area contributed by atoms with Gasteiger partial charge in [0.05, 0.1) is 12.2 Å². The number of rotatable bonds is 4. The van der Waals surface area contributed by atoms with Gasteiger partial charge in [0.1, 0.15) is 0 Å². The number of nitrogens with zero attached hydrogens (tertiary/aromatic N) is 5. The van der Waals surface area contributed by atoms with Gasteiger partial charge in [-0.3, -0.25) is 4.79 Å². The highest BCUT2D eigenvalue weighted by molar-refractivity contribution is 5.94. The largest absolute Gasteiger partial charge is 0.345 e. The summed E-state index contributed by atoms with van der Waals surface area (Å²) in [5.41, 5.74) is 1.45. The summed E-state index contributed by atoms with van der Waals surface area (Å²) in [5.74, 6) is 0.244. The SMILES string of the molecule is O=C(NCc1nn[nH]n1)c1ccc(-n2cccn2)cc1. The molecular formula is C12H11N7O. The van der Waals surface area contributed by atoms with Gasteiger partial charge in [0.15, 0.2) is 5.82 Å². The fraction of sp³-hybridized carbons (Fsp3) is 0.0833. The van der Waals surface area contributed by atoms with Crippen LogP contribution in [0.4, 0.5) is 0 Å². The lowest BCUT2D eigenvalue weighted by Crippen LogP contribution is -2.23. The summed E-state index contributed by atoms with van der Waals surface area (Å²) >= 11 is 0. The molecule has 8 heteroatoms. The Hall–Kier alpha value is -3.03. The minimum Gasteiger partial charge on any atom is -0.345 e. The topological polar surface area (TPSA) is 101 Å². The van der Waals surface area contributed by atoms with E-state index in [4.69, 9.17) is 0 Å². The van der Waals surface area contributed by atoms with Crippen molar-refractivity contribution in [3.63, 3.8) is 0 Å². The summed E-state index contributed by atoms with van der Waals surface area (Å²) in [6.45, 7) is 0.232. The van der Waals surface area contributed by atoms with E-state index in [-0.39, 0.29) is 12.5 Å². The summed E-state index contributed by atoms with van der Waals surface area (Å²) in [7, 11) is 0. The zero-order valence-corrected chi connectivity index (χ0v) is 10.4. The third-order valence-electron chi connectivity index (χ3n) is 2.69. The predicted molar refractivity (Wildman–Crippen MR) is 68.9 cm³/mol. The maximum absolute atomic E-state index is 11.9. The van der Waals surface area contributed by atoms with Gasteiger partial charge < -0.3 is 5.32 Å². The van der Waals surface area contributed by atoms with E-state index in [1.807, 2.05) is 24.4 Å². The maximum atomic E-state index is 11.9. The van der Waals surface area contributed by atoms with E-state index in [1.54, 1.807) is 23.0 Å². The molecule has 8 nitrogen and oxygen atoms in total. The van der Waals surface area contributed by atoms with E-state index >= 15 is 0 Å². The number of nitrogens with one attached hydrogen (secondary N) is 2. The standard InChI is InChI=1S/C12H11N7O/c20-12(13-8-11-15-17-18-16-11)9-2-4-10(5-3-9)19-7-1-6-14-19/h1-7H,8H2,(H,13,20)(H,15,16,17,18). The molecule has 2 aromatic heterocycles. The van der Waals surface area contributed by atoms with Gasteiger partial charge in [-0.25, -0.2) is 4.68 Å². The van der Waals surface area contributed by atoms with Crippen molar-refractivity contribution in [1.82, 2.24) is 35.7 Å². The van der Waals surface area contributed by atoms with Gasteiger partial charge in [0.25, 0.3) is 5.91 Å². The highest BCUT2D eigenvalue weighted by Crippen LogP contribution is 2.08. The van der Waals surface area contributed by atoms with Gasteiger partial charge in [-0.05, 0) is 30.3 Å². The highest BCUT2D eigenvalue weighted by Gasteiger charge is 2.07. The van der Waals surface area contributed by atoms with Crippen LogP contribution in [0.1, 0.15) is 16.2 Å². The number of aromatic nitrogens is 6. The Morgan fingerprint density at radius 1 is 1.30 bits per heavy atom. The lowest BCUT2D eigenvalue weighted by molar-refractivity contribution is 0.0950. The Morgan fingerprint density at radius 2 is 2.15 bits per heavy atom. The molecule has 0 saturated carbocycles. The van der Waals surface area contributed by atoms with E-state index in [2.05, 4.69) is 31.0 Å². The molecule has 0 bridgehead atoms. The van der Waals surface area contributed by atoms with E-state index in [0.717, 1.165) is 5.69 Å². The molecule has 1 amide bonds. The maximum Gasteiger partial charge on any atom is 0.251 e. The number of hydrogen-bond acceptors (Lipinski definition) is 5. The summed E-state index contributed by atoms with van der Waals surface area (Å²) in [4.78, 5) is 11.9. The van der Waals surface area contributed by atoms with Crippen molar-refractivity contribution in [1.29, 1.82) is 0 Å². The van der Waals surface area contributed by atoms with Crippen LogP contribution < -0.4 is 5.32 Å². The first-order valence-corrected chi connectivity index (χ1v) is 5.93. The van der Waals surface area contributed by atoms with Crippen LogP contribution >= 0.6 is 0 Å². The Bertz CT molecular complexity index is 673. The first-order valence-electron chi connectivity index (χ1n) is 5.93. The highest BCUT2D eigenvalue weighted by atomic mass is 16.1. The molecule has 0 aliphatic carbocycles. The van der Waals surface area contributed by atoms with Crippen molar-refractivity contribution in [3.8, 4) is 5.69 Å². The second-order valence-corrected chi connectivity index (χ2v) is 4.01. The molecule has 0 aliphatic rings. The van der Waals surface area contributed by atoms with Crippen molar-refractivity contribution in [3.05, 3.63) is 54.1 Å². The molecule has 2 heterocycles. The van der Waals surface area contributed by atoms with Crippen LogP contribution in [-0.4, -0.2) is 36.3 Å². The van der Waals surface area contributed by atoms with Crippen molar-refractivity contribution in [2.75, 3.05) is 0 Å². The van der Waals surface area contributed by atoms with E-state index < -0.39 is 0 Å². The molecule has 0 unspecified atom stereocenters. The Morgan fingerprint density at radius 3 is 2.80 bits per heavy atom. The minimum atomic E-state index is -0.193. The number of carbonyl (C=O) groups is 1. The predicted octanol–water partition coefficient (Wildman–Crippen LogP) is 0.315. The molecule has 0 radical (unpaired) electrons. The summed E-state index contributed by atoms with van der Waals surface area (Å²) in [6, 6.07) is 8.98. The molecule has 3 aromatic rings. The average molecular weight is 269 g/mol. The summed E-state index contributed by atoms with van der Waals surface area (Å²) < 4.78 is 1.72. The first kappa shape index (κ1) is 12.0. The molecule has 3 rings (SSSR count). The number of H-pyrrole nitrogens is 1. The van der Waals surface area contributed by atoms with Gasteiger partial charge in [0, 0.05) is 18.0 Å². The number of amides is 1. The van der Waals surface area contributed by atoms with E-state index in [9.17, 15) is 4.79 Å². The molecule has 0 saturated heterocycles. The summed E-state index contributed by atoms with van der Waals surface area (Å²) in [5, 5.41) is 20.1. The number of hydrogen-bond donors (Lipinski definition) is 2. The number of aromatic amines is 1. The zero-order valence-electron chi connectivity index (χ0n) is 10.4. The first-order chi connectivity index (χ1) is 9.83. The van der Waals surface area contributed by atoms with Gasteiger partial charge in [-0.1, -0.05) is 5.21 Å². The van der Waals surface area contributed by atoms with Crippen molar-refractivity contribution in [2.24, 2.45) is 0 Å². The molecular weight excluding hydrogens is 258 g/mol. The Labute approximate surface area is 113 Å². The quantitative estimate of drug-likeness (QED) is 0.710. The molecule has 20 heavy (non-hydrogen) atoms. The molecule has 0 fully saturated rings. The third kappa shape index (κ3) is 2.53. The second kappa shape index (κ2) is 5.31. The minimum absolute atomic E-state index is 0.193. The summed E-state index contributed by atoms with van der Waals surface area (Å²) in [6.07, 6.45) is 3.54. The molecule has 0 aliphatic heterocycles. The second-order valence-electron chi connectivity index (χ2n) is 4.01. The molecule has 100 valence electrons. The molecule has 2 N–H and O–H groups in total. The van der Waals surface area contributed by atoms with Crippen LogP contribution in [-0.2, 0) is 6.54 Å². The molecule has 0 atom stereocenters. The zero-order chi connectivity index (χ0) is 13.8. The molecule has 0 spiro atoms. The Balaban J connectivity index is 1.66. The van der Waals surface area contributed by atoms with Gasteiger partial charge in [-0.15, -0.1) is 10.2 Å². The third-order valence-corrected chi connectivity index (χ3v) is 2.69. The van der Waals surface area contributed by atoms with E-state index in [0.29, 0.717) is 11.4 Å². The fourth-order valence-corrected chi connectivity index (χ4v) is 1.71. The lowest BCUT2D eigenvalue weighted by Gasteiger charge is -2.04. The monoisotopic (exact) mass is 269 g/mol. The van der Waals surface area contributed by atoms with Gasteiger partial charge in [0.2, 0.25) is 0 Å². The van der Waals surface area contributed by atoms with Crippen LogP contribution in [0.5, 0.6) is 0 Å². The molecule has 1 aromatic carbocycles. The van der Waals surface area contributed by atoms with Crippen LogP contribution in [0, 0.1) is 0 Å². The normalized spacial score (nSPS) is 10.4. The average Bonchev–Trinajstić information content (AvgIpc) is 3.18. The van der Waals surface area contributed by atoms with Crippen LogP contribution in [0.2, 0.25) is 0 Å². The van der Waals surface area contributed by atoms with Crippen LogP contribution in [0.25, 0.3) is 5.69 Å². The van der Waals surface area contributed by atoms with E-state index in [1.165, 1.54) is 0 Å². The number of benzene rings is 1. The number of tetrazole rings is 1. The van der Waals surface area contributed by atoms with Crippen molar-refractivity contribution < 1.29 is 4.79 Å². The van der Waals surface area contributed by atoms with Crippen LogP contribution in [0.3, 0.4) is 0 Å².